The van der Waals surface area contributed by atoms with Gasteiger partial charge in [0.05, 0.1) is 5.75 Å². The molecule has 0 atom stereocenters. The highest BCUT2D eigenvalue weighted by atomic mass is 32.2. The van der Waals surface area contributed by atoms with Gasteiger partial charge < -0.3 is 14.3 Å². The number of thioether (sulfide) groups is 2. The molecular formula is C17H16N6O3S3. The molecule has 0 radical (unpaired) electrons. The van der Waals surface area contributed by atoms with Crippen LogP contribution in [0.2, 0.25) is 0 Å². The molecular weight excluding hydrogens is 432 g/mol. The number of hydrogen-bond donors (Lipinski definition) is 1. The number of benzene rings is 1. The molecule has 4 rings (SSSR count). The standard InChI is InChI=1S/C17H16N6O3S3/c1-9-3-4-11-10(7-9)18-16(25-11)28-8-12-19-14(26-23-12)6-5-13(24)20-15-21-22-17(27-2)29-15/h3-4,7H,5-6,8H2,1-2H3,(H,20,21,24). The molecule has 9 nitrogen and oxygen atoms in total. The van der Waals surface area contributed by atoms with Crippen LogP contribution in [0.3, 0.4) is 0 Å². The van der Waals surface area contributed by atoms with Gasteiger partial charge in [0.25, 0.3) is 5.22 Å². The molecule has 150 valence electrons. The second-order valence-corrected chi connectivity index (χ2v) is 8.93. The van der Waals surface area contributed by atoms with Crippen molar-refractivity contribution in [1.82, 2.24) is 25.3 Å². The van der Waals surface area contributed by atoms with Gasteiger partial charge >= 0.3 is 0 Å². The minimum absolute atomic E-state index is 0.176. The van der Waals surface area contributed by atoms with Crippen LogP contribution in [0.15, 0.2) is 36.7 Å². The molecule has 29 heavy (non-hydrogen) atoms. The Balaban J connectivity index is 1.27. The third kappa shape index (κ3) is 5.14. The van der Waals surface area contributed by atoms with E-state index in [1.165, 1.54) is 34.9 Å². The predicted octanol–water partition coefficient (Wildman–Crippen LogP) is 3.96. The number of aryl methyl sites for hydroxylation is 2. The van der Waals surface area contributed by atoms with Gasteiger partial charge in [-0.05, 0) is 30.9 Å². The van der Waals surface area contributed by atoms with E-state index in [1.54, 1.807) is 0 Å². The molecule has 3 aromatic heterocycles. The van der Waals surface area contributed by atoms with Crippen molar-refractivity contribution in [3.8, 4) is 0 Å². The lowest BCUT2D eigenvalue weighted by atomic mass is 10.2. The number of amides is 1. The molecule has 0 unspecified atom stereocenters. The van der Waals surface area contributed by atoms with Crippen LogP contribution in [0.1, 0.15) is 23.7 Å². The second kappa shape index (κ2) is 8.93. The SMILES string of the molecule is CSc1nnc(NC(=O)CCc2nc(CSc3nc4cc(C)ccc4o3)no2)s1. The lowest BCUT2D eigenvalue weighted by molar-refractivity contribution is -0.116. The summed E-state index contributed by atoms with van der Waals surface area (Å²) in [6.45, 7) is 2.01. The fraction of sp³-hybridized carbons (Fsp3) is 0.294. The Kier molecular flexibility index (Phi) is 6.11. The summed E-state index contributed by atoms with van der Waals surface area (Å²) in [5, 5.41) is 15.5. The molecule has 0 spiro atoms. The van der Waals surface area contributed by atoms with Gasteiger partial charge in [0.2, 0.25) is 16.9 Å². The number of carbonyl (C=O) groups is 1. The van der Waals surface area contributed by atoms with E-state index in [4.69, 9.17) is 8.94 Å². The van der Waals surface area contributed by atoms with E-state index in [-0.39, 0.29) is 12.3 Å². The lowest BCUT2D eigenvalue weighted by Crippen LogP contribution is -2.12. The highest BCUT2D eigenvalue weighted by Crippen LogP contribution is 2.26. The first-order valence-electron chi connectivity index (χ1n) is 8.58. The van der Waals surface area contributed by atoms with Gasteiger partial charge in [0, 0.05) is 12.8 Å². The van der Waals surface area contributed by atoms with E-state index in [0.29, 0.717) is 34.2 Å². The van der Waals surface area contributed by atoms with Crippen molar-refractivity contribution in [1.29, 1.82) is 0 Å². The van der Waals surface area contributed by atoms with Crippen LogP contribution < -0.4 is 5.32 Å². The summed E-state index contributed by atoms with van der Waals surface area (Å²) in [5.41, 5.74) is 2.70. The average molecular weight is 449 g/mol. The first kappa shape index (κ1) is 19.9. The number of carbonyl (C=O) groups excluding carboxylic acids is 1. The fourth-order valence-electron chi connectivity index (χ4n) is 2.40. The largest absolute Gasteiger partial charge is 0.431 e. The van der Waals surface area contributed by atoms with E-state index in [9.17, 15) is 4.79 Å². The third-order valence-corrected chi connectivity index (χ3v) is 6.39. The Morgan fingerprint density at radius 1 is 1.28 bits per heavy atom. The van der Waals surface area contributed by atoms with Crippen molar-refractivity contribution < 1.29 is 13.7 Å². The highest BCUT2D eigenvalue weighted by molar-refractivity contribution is 8.00. The topological polar surface area (TPSA) is 120 Å². The summed E-state index contributed by atoms with van der Waals surface area (Å²) in [4.78, 5) is 20.8. The summed E-state index contributed by atoms with van der Waals surface area (Å²) in [7, 11) is 0. The monoisotopic (exact) mass is 448 g/mol. The van der Waals surface area contributed by atoms with Crippen molar-refractivity contribution in [2.75, 3.05) is 11.6 Å². The molecule has 3 heterocycles. The second-order valence-electron chi connectivity index (χ2n) is 5.97. The van der Waals surface area contributed by atoms with Gasteiger partial charge in [-0.15, -0.1) is 10.2 Å². The van der Waals surface area contributed by atoms with Crippen LogP contribution in [0.5, 0.6) is 0 Å². The number of fused-ring (bicyclic) bond motifs is 1. The van der Waals surface area contributed by atoms with Crippen LogP contribution in [0.25, 0.3) is 11.1 Å². The normalized spacial score (nSPS) is 11.2. The zero-order valence-electron chi connectivity index (χ0n) is 15.5. The van der Waals surface area contributed by atoms with Gasteiger partial charge in [-0.3, -0.25) is 4.79 Å². The van der Waals surface area contributed by atoms with E-state index >= 15 is 0 Å². The smallest absolute Gasteiger partial charge is 0.257 e. The maximum Gasteiger partial charge on any atom is 0.257 e. The number of nitrogens with one attached hydrogen (secondary N) is 1. The number of rotatable bonds is 8. The van der Waals surface area contributed by atoms with Crippen LogP contribution in [-0.2, 0) is 17.0 Å². The maximum absolute atomic E-state index is 12.0. The Hall–Kier alpha value is -2.44. The molecule has 1 N–H and O–H groups in total. The maximum atomic E-state index is 12.0. The Morgan fingerprint density at radius 3 is 3.00 bits per heavy atom. The van der Waals surface area contributed by atoms with Crippen molar-refractivity contribution in [2.24, 2.45) is 0 Å². The summed E-state index contributed by atoms with van der Waals surface area (Å²) < 4.78 is 11.7. The lowest BCUT2D eigenvalue weighted by Gasteiger charge is -1.97. The van der Waals surface area contributed by atoms with Gasteiger partial charge in [0.1, 0.15) is 5.52 Å². The molecule has 1 aromatic carbocycles. The molecule has 0 saturated carbocycles. The third-order valence-electron chi connectivity index (χ3n) is 3.75. The van der Waals surface area contributed by atoms with Crippen molar-refractivity contribution in [2.45, 2.75) is 35.1 Å². The number of anilines is 1. The van der Waals surface area contributed by atoms with E-state index in [1.807, 2.05) is 31.4 Å². The molecule has 0 aliphatic rings. The summed E-state index contributed by atoms with van der Waals surface area (Å²) in [6, 6.07) is 5.86. The van der Waals surface area contributed by atoms with Crippen LogP contribution in [0, 0.1) is 6.92 Å². The minimum Gasteiger partial charge on any atom is -0.431 e. The molecule has 0 saturated heterocycles. The number of oxazole rings is 1. The first-order chi connectivity index (χ1) is 14.1. The van der Waals surface area contributed by atoms with Crippen molar-refractivity contribution >= 4 is 57.0 Å². The Morgan fingerprint density at radius 2 is 2.17 bits per heavy atom. The van der Waals surface area contributed by atoms with Gasteiger partial charge in [-0.1, -0.05) is 46.1 Å². The van der Waals surface area contributed by atoms with Gasteiger partial charge in [0.15, 0.2) is 15.7 Å². The first-order valence-corrected chi connectivity index (χ1v) is 11.6. The van der Waals surface area contributed by atoms with Gasteiger partial charge in [-0.25, -0.2) is 4.98 Å². The minimum atomic E-state index is -0.176. The average Bonchev–Trinajstić information content (AvgIpc) is 3.43. The van der Waals surface area contributed by atoms with Crippen molar-refractivity contribution in [3.63, 3.8) is 0 Å². The van der Waals surface area contributed by atoms with E-state index in [2.05, 4.69) is 30.6 Å². The van der Waals surface area contributed by atoms with E-state index in [0.717, 1.165) is 21.0 Å². The number of hydrogen-bond acceptors (Lipinski definition) is 11. The molecule has 0 aliphatic carbocycles. The summed E-state index contributed by atoms with van der Waals surface area (Å²) in [5.74, 6) is 1.22. The molecule has 0 fully saturated rings. The Labute approximate surface area is 178 Å². The fourth-order valence-corrected chi connectivity index (χ4v) is 4.27. The van der Waals surface area contributed by atoms with E-state index < -0.39 is 0 Å². The van der Waals surface area contributed by atoms with Gasteiger partial charge in [-0.2, -0.15) is 4.98 Å². The molecule has 0 bridgehead atoms. The van der Waals surface area contributed by atoms with Crippen molar-refractivity contribution in [3.05, 3.63) is 35.5 Å². The molecule has 12 heteroatoms. The highest BCUT2D eigenvalue weighted by Gasteiger charge is 2.13. The zero-order valence-corrected chi connectivity index (χ0v) is 18.0. The molecule has 1 amide bonds. The quantitative estimate of drug-likeness (QED) is 0.313. The zero-order chi connectivity index (χ0) is 20.2. The Bertz CT molecular complexity index is 1140. The summed E-state index contributed by atoms with van der Waals surface area (Å²) in [6.07, 6.45) is 2.47. The number of nitrogens with zero attached hydrogens (tertiary/aromatic N) is 5. The number of aromatic nitrogens is 5. The van der Waals surface area contributed by atoms with Crippen LogP contribution in [-0.4, -0.2) is 37.5 Å². The van der Waals surface area contributed by atoms with Crippen LogP contribution in [0.4, 0.5) is 5.13 Å². The van der Waals surface area contributed by atoms with Crippen LogP contribution >= 0.6 is 34.9 Å². The molecule has 0 aliphatic heterocycles. The molecule has 4 aromatic rings. The predicted molar refractivity (Wildman–Crippen MR) is 111 cm³/mol. The summed E-state index contributed by atoms with van der Waals surface area (Å²) >= 11 is 4.21.